The lowest BCUT2D eigenvalue weighted by molar-refractivity contribution is 0.100. The number of nitrogens with one attached hydrogen (secondary N) is 1. The van der Waals surface area contributed by atoms with Crippen molar-refractivity contribution >= 4 is 28.2 Å². The highest BCUT2D eigenvalue weighted by atomic mass is 32.1. The van der Waals surface area contributed by atoms with Crippen LogP contribution in [0.15, 0.2) is 18.3 Å². The Morgan fingerprint density at radius 3 is 2.92 bits per heavy atom. The number of hydrogen-bond acceptors (Lipinski definition) is 5. The standard InChI is InChI=1S/C17H19N3O3S/c1-2-23-16-11(7-5-9-19-16)15(22)20-17-13(14(18)21)10-6-3-4-8-12(10)24-17/h5,7,9H,2-4,6,8H2,1H3,(H2,18,21)(H,20,22). The number of anilines is 1. The predicted octanol–water partition coefficient (Wildman–Crippen LogP) is 2.77. The highest BCUT2D eigenvalue weighted by molar-refractivity contribution is 7.17. The van der Waals surface area contributed by atoms with E-state index in [1.807, 2.05) is 6.92 Å². The molecule has 1 aliphatic rings. The first-order valence-corrected chi connectivity index (χ1v) is 8.77. The molecule has 0 saturated heterocycles. The van der Waals surface area contributed by atoms with Crippen LogP contribution in [0.5, 0.6) is 5.88 Å². The SMILES string of the molecule is CCOc1ncccc1C(=O)Nc1sc2c(c1C(N)=O)CCCC2. The van der Waals surface area contributed by atoms with Crippen molar-refractivity contribution in [2.45, 2.75) is 32.6 Å². The van der Waals surface area contributed by atoms with E-state index < -0.39 is 5.91 Å². The Morgan fingerprint density at radius 1 is 1.38 bits per heavy atom. The number of primary amides is 1. The molecule has 0 radical (unpaired) electrons. The molecule has 1 aliphatic carbocycles. The molecule has 2 heterocycles. The first-order valence-electron chi connectivity index (χ1n) is 7.95. The van der Waals surface area contributed by atoms with Crippen LogP contribution < -0.4 is 15.8 Å². The largest absolute Gasteiger partial charge is 0.477 e. The van der Waals surface area contributed by atoms with Gasteiger partial charge in [-0.2, -0.15) is 0 Å². The molecule has 0 fully saturated rings. The summed E-state index contributed by atoms with van der Waals surface area (Å²) in [6.07, 6.45) is 5.45. The summed E-state index contributed by atoms with van der Waals surface area (Å²) in [7, 11) is 0. The summed E-state index contributed by atoms with van der Waals surface area (Å²) in [6, 6.07) is 3.32. The van der Waals surface area contributed by atoms with E-state index in [4.69, 9.17) is 10.5 Å². The molecule has 2 aromatic rings. The lowest BCUT2D eigenvalue weighted by Crippen LogP contribution is -2.19. The van der Waals surface area contributed by atoms with Gasteiger partial charge in [-0.1, -0.05) is 0 Å². The smallest absolute Gasteiger partial charge is 0.261 e. The zero-order valence-electron chi connectivity index (χ0n) is 13.4. The van der Waals surface area contributed by atoms with Gasteiger partial charge in [0.1, 0.15) is 10.6 Å². The maximum absolute atomic E-state index is 12.6. The lowest BCUT2D eigenvalue weighted by atomic mass is 9.95. The van der Waals surface area contributed by atoms with E-state index in [1.165, 1.54) is 11.3 Å². The van der Waals surface area contributed by atoms with Gasteiger partial charge in [0.2, 0.25) is 5.88 Å². The number of nitrogens with two attached hydrogens (primary N) is 1. The molecule has 3 rings (SSSR count). The van der Waals surface area contributed by atoms with Crippen LogP contribution >= 0.6 is 11.3 Å². The Labute approximate surface area is 144 Å². The molecule has 2 amide bonds. The fourth-order valence-electron chi connectivity index (χ4n) is 2.90. The minimum atomic E-state index is -0.499. The van der Waals surface area contributed by atoms with Crippen molar-refractivity contribution in [2.75, 3.05) is 11.9 Å². The van der Waals surface area contributed by atoms with E-state index in [1.54, 1.807) is 18.3 Å². The second kappa shape index (κ2) is 7.00. The third-order valence-electron chi connectivity index (χ3n) is 3.94. The summed E-state index contributed by atoms with van der Waals surface area (Å²) in [6.45, 7) is 2.24. The maximum Gasteiger partial charge on any atom is 0.261 e. The second-order valence-electron chi connectivity index (χ2n) is 5.52. The van der Waals surface area contributed by atoms with E-state index in [-0.39, 0.29) is 11.8 Å². The molecular formula is C17H19N3O3S. The van der Waals surface area contributed by atoms with Crippen molar-refractivity contribution < 1.29 is 14.3 Å². The number of hydrogen-bond donors (Lipinski definition) is 2. The zero-order chi connectivity index (χ0) is 17.1. The first kappa shape index (κ1) is 16.4. The van der Waals surface area contributed by atoms with Crippen LogP contribution in [0.4, 0.5) is 5.00 Å². The van der Waals surface area contributed by atoms with Crippen LogP contribution in [0.3, 0.4) is 0 Å². The van der Waals surface area contributed by atoms with Crippen molar-refractivity contribution in [2.24, 2.45) is 5.73 Å². The van der Waals surface area contributed by atoms with Crippen LogP contribution in [-0.2, 0) is 12.8 Å². The lowest BCUT2D eigenvalue weighted by Gasteiger charge is -2.11. The highest BCUT2D eigenvalue weighted by Gasteiger charge is 2.25. The van der Waals surface area contributed by atoms with Crippen molar-refractivity contribution in [1.82, 2.24) is 4.98 Å². The van der Waals surface area contributed by atoms with Gasteiger partial charge in [-0.3, -0.25) is 9.59 Å². The fourth-order valence-corrected chi connectivity index (χ4v) is 4.19. The number of pyridine rings is 1. The first-order chi connectivity index (χ1) is 11.6. The van der Waals surface area contributed by atoms with Crippen molar-refractivity contribution in [1.29, 1.82) is 0 Å². The normalized spacial score (nSPS) is 13.2. The van der Waals surface area contributed by atoms with Crippen LogP contribution in [0, 0.1) is 0 Å². The Hall–Kier alpha value is -2.41. The van der Waals surface area contributed by atoms with E-state index >= 15 is 0 Å². The number of fused-ring (bicyclic) bond motifs is 1. The molecule has 0 bridgehead atoms. The molecule has 3 N–H and O–H groups in total. The molecule has 0 aliphatic heterocycles. The number of carbonyl (C=O) groups is 2. The van der Waals surface area contributed by atoms with Crippen LogP contribution in [-0.4, -0.2) is 23.4 Å². The molecule has 0 saturated carbocycles. The summed E-state index contributed by atoms with van der Waals surface area (Å²) in [5, 5.41) is 3.34. The van der Waals surface area contributed by atoms with Gasteiger partial charge in [0.15, 0.2) is 0 Å². The van der Waals surface area contributed by atoms with Crippen LogP contribution in [0.25, 0.3) is 0 Å². The summed E-state index contributed by atoms with van der Waals surface area (Å²) in [4.78, 5) is 29.7. The quantitative estimate of drug-likeness (QED) is 0.871. The number of ether oxygens (including phenoxy) is 1. The molecular weight excluding hydrogens is 326 g/mol. The van der Waals surface area contributed by atoms with Gasteiger partial charge < -0.3 is 15.8 Å². The number of aromatic nitrogens is 1. The zero-order valence-corrected chi connectivity index (χ0v) is 14.2. The Morgan fingerprint density at radius 2 is 2.17 bits per heavy atom. The van der Waals surface area contributed by atoms with Gasteiger partial charge >= 0.3 is 0 Å². The molecule has 126 valence electrons. The van der Waals surface area contributed by atoms with E-state index in [9.17, 15) is 9.59 Å². The predicted molar refractivity (Wildman–Crippen MR) is 92.8 cm³/mol. The monoisotopic (exact) mass is 345 g/mol. The minimum absolute atomic E-state index is 0.277. The number of nitrogens with zero attached hydrogens (tertiary/aromatic N) is 1. The Bertz CT molecular complexity index is 785. The molecule has 2 aromatic heterocycles. The van der Waals surface area contributed by atoms with Crippen LogP contribution in [0.2, 0.25) is 0 Å². The number of carbonyl (C=O) groups excluding carboxylic acids is 2. The second-order valence-corrected chi connectivity index (χ2v) is 6.63. The van der Waals surface area contributed by atoms with Crippen molar-refractivity contribution in [3.8, 4) is 5.88 Å². The van der Waals surface area contributed by atoms with E-state index in [2.05, 4.69) is 10.3 Å². The van der Waals surface area contributed by atoms with Gasteiger partial charge in [0, 0.05) is 11.1 Å². The molecule has 0 atom stereocenters. The molecule has 6 nitrogen and oxygen atoms in total. The van der Waals surface area contributed by atoms with Gasteiger partial charge in [0.25, 0.3) is 11.8 Å². The molecule has 0 aromatic carbocycles. The van der Waals surface area contributed by atoms with Gasteiger partial charge in [-0.15, -0.1) is 11.3 Å². The molecule has 24 heavy (non-hydrogen) atoms. The van der Waals surface area contributed by atoms with Gasteiger partial charge in [-0.05, 0) is 50.3 Å². The Balaban J connectivity index is 1.93. The summed E-state index contributed by atoms with van der Waals surface area (Å²) < 4.78 is 5.39. The summed E-state index contributed by atoms with van der Waals surface area (Å²) >= 11 is 1.44. The van der Waals surface area contributed by atoms with E-state index in [0.717, 1.165) is 36.1 Å². The molecule has 0 spiro atoms. The number of amides is 2. The van der Waals surface area contributed by atoms with E-state index in [0.29, 0.717) is 22.7 Å². The summed E-state index contributed by atoms with van der Waals surface area (Å²) in [5.74, 6) is -0.576. The number of thiophene rings is 1. The van der Waals surface area contributed by atoms with Gasteiger partial charge in [0.05, 0.1) is 12.2 Å². The third-order valence-corrected chi connectivity index (χ3v) is 5.15. The summed E-state index contributed by atoms with van der Waals surface area (Å²) in [5.41, 5.74) is 7.33. The van der Waals surface area contributed by atoms with Gasteiger partial charge in [-0.25, -0.2) is 4.98 Å². The highest BCUT2D eigenvalue weighted by Crippen LogP contribution is 2.38. The number of rotatable bonds is 5. The fraction of sp³-hybridized carbons (Fsp3) is 0.353. The van der Waals surface area contributed by atoms with Crippen LogP contribution in [0.1, 0.15) is 50.9 Å². The van der Waals surface area contributed by atoms with Crippen molar-refractivity contribution in [3.63, 3.8) is 0 Å². The Kier molecular flexibility index (Phi) is 4.80. The topological polar surface area (TPSA) is 94.3 Å². The van der Waals surface area contributed by atoms with Crippen molar-refractivity contribution in [3.05, 3.63) is 39.9 Å². The maximum atomic E-state index is 12.6. The molecule has 7 heteroatoms. The average molecular weight is 345 g/mol. The third kappa shape index (κ3) is 3.12. The number of aryl methyl sites for hydroxylation is 1. The molecule has 0 unspecified atom stereocenters. The average Bonchev–Trinajstić information content (AvgIpc) is 2.93. The minimum Gasteiger partial charge on any atom is -0.477 e.